The number of fused-ring (bicyclic) bond motifs is 2. The SMILES string of the molecule is CCc1cccc(N(C(=O)c2cccc(S(C)(=O)=O)c2)[C@H]2C[C@H]3CC[C@H]2C3)c1. The van der Waals surface area contributed by atoms with E-state index < -0.39 is 9.84 Å². The maximum atomic E-state index is 13.6. The van der Waals surface area contributed by atoms with Gasteiger partial charge < -0.3 is 4.90 Å². The van der Waals surface area contributed by atoms with E-state index in [2.05, 4.69) is 19.1 Å². The lowest BCUT2D eigenvalue weighted by Gasteiger charge is -2.35. The number of hydrogen-bond donors (Lipinski definition) is 0. The second-order valence-corrected chi connectivity index (χ2v) is 10.3. The lowest BCUT2D eigenvalue weighted by Crippen LogP contribution is -2.43. The van der Waals surface area contributed by atoms with Gasteiger partial charge in [-0.25, -0.2) is 8.42 Å². The van der Waals surface area contributed by atoms with Crippen molar-refractivity contribution in [2.75, 3.05) is 11.2 Å². The maximum Gasteiger partial charge on any atom is 0.258 e. The van der Waals surface area contributed by atoms with Gasteiger partial charge in [-0.3, -0.25) is 4.79 Å². The van der Waals surface area contributed by atoms with E-state index in [-0.39, 0.29) is 16.8 Å². The van der Waals surface area contributed by atoms with Gasteiger partial charge >= 0.3 is 0 Å². The Morgan fingerprint density at radius 1 is 1.07 bits per heavy atom. The number of amides is 1. The number of benzene rings is 2. The average molecular weight is 398 g/mol. The number of aryl methyl sites for hydroxylation is 1. The Kier molecular flexibility index (Phi) is 5.04. The molecule has 0 aromatic heterocycles. The molecule has 4 nitrogen and oxygen atoms in total. The van der Waals surface area contributed by atoms with Crippen molar-refractivity contribution in [2.45, 2.75) is 50.0 Å². The lowest BCUT2D eigenvalue weighted by molar-refractivity contribution is 0.0967. The van der Waals surface area contributed by atoms with E-state index in [1.165, 1.54) is 37.1 Å². The summed E-state index contributed by atoms with van der Waals surface area (Å²) in [6.45, 7) is 2.11. The number of nitrogens with zero attached hydrogens (tertiary/aromatic N) is 1. The van der Waals surface area contributed by atoms with Crippen molar-refractivity contribution in [1.29, 1.82) is 0 Å². The quantitative estimate of drug-likeness (QED) is 0.747. The van der Waals surface area contributed by atoms with Gasteiger partial charge in [-0.2, -0.15) is 0 Å². The molecule has 0 aliphatic heterocycles. The van der Waals surface area contributed by atoms with E-state index in [0.717, 1.165) is 18.5 Å². The summed E-state index contributed by atoms with van der Waals surface area (Å²) in [5.74, 6) is 1.15. The zero-order valence-corrected chi connectivity index (χ0v) is 17.3. The van der Waals surface area contributed by atoms with Gasteiger partial charge in [0, 0.05) is 23.5 Å². The average Bonchev–Trinajstić information content (AvgIpc) is 3.31. The molecule has 0 radical (unpaired) electrons. The van der Waals surface area contributed by atoms with Gasteiger partial charge in [0.2, 0.25) is 0 Å². The highest BCUT2D eigenvalue weighted by molar-refractivity contribution is 7.90. The van der Waals surface area contributed by atoms with Crippen LogP contribution < -0.4 is 4.90 Å². The molecule has 4 rings (SSSR count). The summed E-state index contributed by atoms with van der Waals surface area (Å²) in [5, 5.41) is 0. The summed E-state index contributed by atoms with van der Waals surface area (Å²) in [6, 6.07) is 14.8. The van der Waals surface area contributed by atoms with Gasteiger partial charge in [0.15, 0.2) is 9.84 Å². The zero-order chi connectivity index (χ0) is 19.9. The van der Waals surface area contributed by atoms with Crippen LogP contribution in [0.15, 0.2) is 53.4 Å². The van der Waals surface area contributed by atoms with E-state index in [0.29, 0.717) is 17.4 Å². The van der Waals surface area contributed by atoms with Crippen LogP contribution in [0.5, 0.6) is 0 Å². The predicted molar refractivity (Wildman–Crippen MR) is 111 cm³/mol. The van der Waals surface area contributed by atoms with E-state index >= 15 is 0 Å². The van der Waals surface area contributed by atoms with Crippen LogP contribution in [0.3, 0.4) is 0 Å². The smallest absolute Gasteiger partial charge is 0.258 e. The fraction of sp³-hybridized carbons (Fsp3) is 0.435. The van der Waals surface area contributed by atoms with E-state index in [4.69, 9.17) is 0 Å². The monoisotopic (exact) mass is 397 g/mol. The third-order valence-corrected chi connectivity index (χ3v) is 7.47. The second kappa shape index (κ2) is 7.36. The molecule has 2 fully saturated rings. The summed E-state index contributed by atoms with van der Waals surface area (Å²) in [5.41, 5.74) is 2.56. The molecule has 2 aromatic rings. The zero-order valence-electron chi connectivity index (χ0n) is 16.5. The van der Waals surface area contributed by atoms with Crippen molar-refractivity contribution in [3.05, 3.63) is 59.7 Å². The standard InChI is InChI=1S/C23H27NO3S/c1-3-16-6-4-8-20(13-16)24(22-14-17-10-11-18(22)12-17)23(25)19-7-5-9-21(15-19)28(2,26)27/h4-9,13,15,17-18,22H,3,10-12,14H2,1-2H3/t17-,18-,22-/m0/s1. The highest BCUT2D eigenvalue weighted by Gasteiger charge is 2.44. The van der Waals surface area contributed by atoms with Crippen LogP contribution in [0.25, 0.3) is 0 Å². The Balaban J connectivity index is 1.76. The number of carbonyl (C=O) groups excluding carboxylic acids is 1. The first-order chi connectivity index (χ1) is 13.4. The lowest BCUT2D eigenvalue weighted by atomic mass is 9.92. The van der Waals surface area contributed by atoms with Crippen LogP contribution in [0.2, 0.25) is 0 Å². The molecule has 28 heavy (non-hydrogen) atoms. The maximum absolute atomic E-state index is 13.6. The van der Waals surface area contributed by atoms with E-state index in [9.17, 15) is 13.2 Å². The Bertz CT molecular complexity index is 998. The van der Waals surface area contributed by atoms with Gasteiger partial charge in [0.25, 0.3) is 5.91 Å². The molecule has 148 valence electrons. The molecule has 0 unspecified atom stereocenters. The van der Waals surface area contributed by atoms with Gasteiger partial charge in [0.1, 0.15) is 0 Å². The molecule has 2 saturated carbocycles. The Hall–Kier alpha value is -2.14. The third-order valence-electron chi connectivity index (χ3n) is 6.36. The van der Waals surface area contributed by atoms with E-state index in [1.54, 1.807) is 18.2 Å². The van der Waals surface area contributed by atoms with Crippen LogP contribution in [-0.2, 0) is 16.3 Å². The van der Waals surface area contributed by atoms with Crippen molar-refractivity contribution < 1.29 is 13.2 Å². The van der Waals surface area contributed by atoms with Crippen LogP contribution in [-0.4, -0.2) is 26.6 Å². The van der Waals surface area contributed by atoms with Crippen molar-refractivity contribution in [1.82, 2.24) is 0 Å². The first-order valence-corrected chi connectivity index (χ1v) is 12.0. The Morgan fingerprint density at radius 2 is 1.86 bits per heavy atom. The molecule has 3 atom stereocenters. The van der Waals surface area contributed by atoms with Gasteiger partial charge in [-0.05, 0) is 73.4 Å². The molecule has 2 aromatic carbocycles. The molecule has 1 amide bonds. The molecular formula is C23H27NO3S. The van der Waals surface area contributed by atoms with Gasteiger partial charge in [-0.15, -0.1) is 0 Å². The fourth-order valence-corrected chi connectivity index (χ4v) is 5.58. The molecule has 2 aliphatic carbocycles. The third kappa shape index (κ3) is 3.60. The molecule has 2 bridgehead atoms. The van der Waals surface area contributed by atoms with Crippen LogP contribution in [0, 0.1) is 11.8 Å². The molecule has 0 heterocycles. The highest BCUT2D eigenvalue weighted by Crippen LogP contribution is 2.48. The van der Waals surface area contributed by atoms with Crippen LogP contribution in [0.1, 0.15) is 48.5 Å². The molecular weight excluding hydrogens is 370 g/mol. The van der Waals surface area contributed by atoms with E-state index in [1.807, 2.05) is 17.0 Å². The van der Waals surface area contributed by atoms with Gasteiger partial charge in [-0.1, -0.05) is 31.5 Å². The van der Waals surface area contributed by atoms with Gasteiger partial charge in [0.05, 0.1) is 4.90 Å². The summed E-state index contributed by atoms with van der Waals surface area (Å²) in [7, 11) is -3.36. The minimum atomic E-state index is -3.36. The molecule has 0 spiro atoms. The molecule has 2 aliphatic rings. The first-order valence-electron chi connectivity index (χ1n) is 10.1. The number of hydrogen-bond acceptors (Lipinski definition) is 3. The molecule has 0 N–H and O–H groups in total. The molecule has 0 saturated heterocycles. The predicted octanol–water partition coefficient (Wildman–Crippen LogP) is 4.49. The summed E-state index contributed by atoms with van der Waals surface area (Å²) >= 11 is 0. The minimum absolute atomic E-state index is 0.101. The number of sulfone groups is 1. The largest absolute Gasteiger partial charge is 0.305 e. The van der Waals surface area contributed by atoms with Crippen molar-refractivity contribution in [3.8, 4) is 0 Å². The fourth-order valence-electron chi connectivity index (χ4n) is 4.91. The number of anilines is 1. The number of carbonyl (C=O) groups is 1. The minimum Gasteiger partial charge on any atom is -0.305 e. The molecule has 5 heteroatoms. The first kappa shape index (κ1) is 19.2. The normalized spacial score (nSPS) is 23.7. The Labute approximate surface area is 167 Å². The summed E-state index contributed by atoms with van der Waals surface area (Å²) in [4.78, 5) is 15.8. The summed E-state index contributed by atoms with van der Waals surface area (Å²) < 4.78 is 23.9. The number of rotatable bonds is 5. The van der Waals surface area contributed by atoms with Crippen molar-refractivity contribution in [2.24, 2.45) is 11.8 Å². The topological polar surface area (TPSA) is 54.5 Å². The van der Waals surface area contributed by atoms with Crippen molar-refractivity contribution >= 4 is 21.4 Å². The van der Waals surface area contributed by atoms with Crippen LogP contribution in [0.4, 0.5) is 5.69 Å². The van der Waals surface area contributed by atoms with Crippen LogP contribution >= 0.6 is 0 Å². The summed E-state index contributed by atoms with van der Waals surface area (Å²) in [6.07, 6.45) is 6.77. The van der Waals surface area contributed by atoms with Crippen molar-refractivity contribution in [3.63, 3.8) is 0 Å². The second-order valence-electron chi connectivity index (χ2n) is 8.24. The Morgan fingerprint density at radius 3 is 2.50 bits per heavy atom. The highest BCUT2D eigenvalue weighted by atomic mass is 32.2.